The number of hydrogen-bond acceptors (Lipinski definition) is 7. The van der Waals surface area contributed by atoms with Crippen LogP contribution in [0.3, 0.4) is 0 Å². The first-order valence-electron chi connectivity index (χ1n) is 8.23. The van der Waals surface area contributed by atoms with Gasteiger partial charge in [0.2, 0.25) is 0 Å². The monoisotopic (exact) mass is 354 g/mol. The van der Waals surface area contributed by atoms with Gasteiger partial charge in [0.25, 0.3) is 5.91 Å². The van der Waals surface area contributed by atoms with Crippen LogP contribution in [-0.2, 0) is 0 Å². The maximum absolute atomic E-state index is 12.7. The fourth-order valence-corrected chi connectivity index (χ4v) is 3.86. The van der Waals surface area contributed by atoms with Gasteiger partial charge in [-0.05, 0) is 24.8 Å². The number of rotatable bonds is 2. The van der Waals surface area contributed by atoms with Gasteiger partial charge < -0.3 is 9.80 Å². The van der Waals surface area contributed by atoms with Gasteiger partial charge in [0.15, 0.2) is 0 Å². The Balaban J connectivity index is 1.51. The van der Waals surface area contributed by atoms with Crippen molar-refractivity contribution in [1.29, 1.82) is 0 Å². The SMILES string of the molecule is Cc1cnc(C(=O)N2CCCN(c3ncnc4ccsc34)CC2)cn1. The van der Waals surface area contributed by atoms with E-state index in [2.05, 4.69) is 24.8 Å². The molecule has 3 aromatic rings. The largest absolute Gasteiger partial charge is 0.353 e. The summed E-state index contributed by atoms with van der Waals surface area (Å²) in [4.78, 5) is 33.9. The van der Waals surface area contributed by atoms with E-state index in [0.29, 0.717) is 18.8 Å². The van der Waals surface area contributed by atoms with Gasteiger partial charge in [0.1, 0.15) is 17.8 Å². The second-order valence-electron chi connectivity index (χ2n) is 6.01. The Kier molecular flexibility index (Phi) is 4.27. The molecule has 0 unspecified atom stereocenters. The van der Waals surface area contributed by atoms with Crippen molar-refractivity contribution in [2.45, 2.75) is 13.3 Å². The molecule has 3 aromatic heterocycles. The van der Waals surface area contributed by atoms with Crippen LogP contribution in [-0.4, -0.2) is 56.9 Å². The van der Waals surface area contributed by atoms with Crippen LogP contribution in [0.2, 0.25) is 0 Å². The molecule has 128 valence electrons. The van der Waals surface area contributed by atoms with Crippen LogP contribution < -0.4 is 4.90 Å². The highest BCUT2D eigenvalue weighted by molar-refractivity contribution is 7.17. The number of amides is 1. The van der Waals surface area contributed by atoms with E-state index < -0.39 is 0 Å². The van der Waals surface area contributed by atoms with Gasteiger partial charge in [-0.15, -0.1) is 11.3 Å². The molecule has 4 heterocycles. The molecule has 1 aliphatic heterocycles. The fraction of sp³-hybridized carbons (Fsp3) is 0.353. The summed E-state index contributed by atoms with van der Waals surface area (Å²) in [7, 11) is 0. The van der Waals surface area contributed by atoms with Crippen molar-refractivity contribution < 1.29 is 4.79 Å². The van der Waals surface area contributed by atoms with Gasteiger partial charge in [0.05, 0.1) is 22.1 Å². The fourth-order valence-electron chi connectivity index (χ4n) is 3.00. The average Bonchev–Trinajstić information content (AvgIpc) is 2.98. The van der Waals surface area contributed by atoms with Crippen molar-refractivity contribution in [3.8, 4) is 0 Å². The van der Waals surface area contributed by atoms with E-state index in [1.807, 2.05) is 23.3 Å². The summed E-state index contributed by atoms with van der Waals surface area (Å²) in [6.45, 7) is 4.83. The van der Waals surface area contributed by atoms with Crippen molar-refractivity contribution in [3.05, 3.63) is 41.6 Å². The number of anilines is 1. The smallest absolute Gasteiger partial charge is 0.274 e. The lowest BCUT2D eigenvalue weighted by atomic mass is 10.3. The third-order valence-electron chi connectivity index (χ3n) is 4.31. The third-order valence-corrected chi connectivity index (χ3v) is 5.21. The lowest BCUT2D eigenvalue weighted by molar-refractivity contribution is 0.0760. The molecule has 0 aliphatic carbocycles. The number of nitrogens with zero attached hydrogens (tertiary/aromatic N) is 6. The van der Waals surface area contributed by atoms with Crippen molar-refractivity contribution in [1.82, 2.24) is 24.8 Å². The predicted molar refractivity (Wildman–Crippen MR) is 96.9 cm³/mol. The number of fused-ring (bicyclic) bond motifs is 1. The number of aromatic nitrogens is 4. The zero-order valence-corrected chi connectivity index (χ0v) is 14.7. The van der Waals surface area contributed by atoms with E-state index in [-0.39, 0.29) is 5.91 Å². The van der Waals surface area contributed by atoms with E-state index in [4.69, 9.17) is 0 Å². The Morgan fingerprint density at radius 2 is 2.00 bits per heavy atom. The van der Waals surface area contributed by atoms with Gasteiger partial charge in [0, 0.05) is 32.4 Å². The van der Waals surface area contributed by atoms with Crippen molar-refractivity contribution in [2.24, 2.45) is 0 Å². The molecule has 1 fully saturated rings. The third kappa shape index (κ3) is 3.17. The summed E-state index contributed by atoms with van der Waals surface area (Å²) in [6, 6.07) is 2.01. The Hall–Kier alpha value is -2.61. The van der Waals surface area contributed by atoms with Crippen LogP contribution in [0.4, 0.5) is 5.82 Å². The summed E-state index contributed by atoms with van der Waals surface area (Å²) < 4.78 is 1.10. The molecule has 0 bridgehead atoms. The summed E-state index contributed by atoms with van der Waals surface area (Å²) in [5, 5.41) is 2.03. The minimum absolute atomic E-state index is 0.0571. The minimum atomic E-state index is -0.0571. The molecule has 1 saturated heterocycles. The average molecular weight is 354 g/mol. The van der Waals surface area contributed by atoms with E-state index in [1.54, 1.807) is 30.1 Å². The van der Waals surface area contributed by atoms with Crippen molar-refractivity contribution in [3.63, 3.8) is 0 Å². The zero-order valence-electron chi connectivity index (χ0n) is 13.9. The molecule has 1 amide bonds. The number of aryl methyl sites for hydroxylation is 1. The summed E-state index contributed by atoms with van der Waals surface area (Å²) in [5.74, 6) is 0.905. The molecule has 7 nitrogen and oxygen atoms in total. The molecule has 0 radical (unpaired) electrons. The van der Waals surface area contributed by atoms with Crippen LogP contribution in [0.5, 0.6) is 0 Å². The molecule has 4 rings (SSSR count). The first-order chi connectivity index (χ1) is 12.2. The normalized spacial score (nSPS) is 15.4. The maximum Gasteiger partial charge on any atom is 0.274 e. The van der Waals surface area contributed by atoms with Crippen LogP contribution in [0, 0.1) is 6.92 Å². The van der Waals surface area contributed by atoms with Crippen LogP contribution in [0.15, 0.2) is 30.2 Å². The van der Waals surface area contributed by atoms with Gasteiger partial charge >= 0.3 is 0 Å². The Labute approximate surface area is 149 Å². The zero-order chi connectivity index (χ0) is 17.2. The Morgan fingerprint density at radius 1 is 1.08 bits per heavy atom. The van der Waals surface area contributed by atoms with Gasteiger partial charge in [-0.1, -0.05) is 0 Å². The molecule has 25 heavy (non-hydrogen) atoms. The van der Waals surface area contributed by atoms with Gasteiger partial charge in [-0.3, -0.25) is 9.78 Å². The molecule has 0 atom stereocenters. The molecule has 1 aliphatic rings. The molecule has 0 spiro atoms. The van der Waals surface area contributed by atoms with Gasteiger partial charge in [-0.25, -0.2) is 15.0 Å². The quantitative estimate of drug-likeness (QED) is 0.702. The van der Waals surface area contributed by atoms with Crippen LogP contribution >= 0.6 is 11.3 Å². The van der Waals surface area contributed by atoms with Crippen LogP contribution in [0.25, 0.3) is 10.2 Å². The lowest BCUT2D eigenvalue weighted by Crippen LogP contribution is -2.36. The highest BCUT2D eigenvalue weighted by atomic mass is 32.1. The number of carbonyl (C=O) groups excluding carboxylic acids is 1. The molecule has 0 saturated carbocycles. The number of thiophene rings is 1. The van der Waals surface area contributed by atoms with E-state index in [9.17, 15) is 4.79 Å². The standard InChI is InChI=1S/C17H18N6OS/c1-12-9-19-14(10-18-12)17(24)23-5-2-4-22(6-7-23)16-15-13(3-8-25-15)20-11-21-16/h3,8-11H,2,4-7H2,1H3. The second kappa shape index (κ2) is 6.72. The van der Waals surface area contributed by atoms with Gasteiger partial charge in [-0.2, -0.15) is 0 Å². The topological polar surface area (TPSA) is 75.1 Å². The second-order valence-corrected chi connectivity index (χ2v) is 6.92. The van der Waals surface area contributed by atoms with Crippen LogP contribution in [0.1, 0.15) is 22.6 Å². The number of hydrogen-bond donors (Lipinski definition) is 0. The summed E-state index contributed by atoms with van der Waals surface area (Å²) >= 11 is 1.65. The summed E-state index contributed by atoms with van der Waals surface area (Å²) in [5.41, 5.74) is 2.19. The molecule has 0 aromatic carbocycles. The first-order valence-corrected chi connectivity index (χ1v) is 9.11. The molecule has 0 N–H and O–H groups in total. The predicted octanol–water partition coefficient (Wildman–Crippen LogP) is 2.14. The molecular weight excluding hydrogens is 336 g/mol. The highest BCUT2D eigenvalue weighted by Crippen LogP contribution is 2.28. The Morgan fingerprint density at radius 3 is 2.84 bits per heavy atom. The van der Waals surface area contributed by atoms with E-state index >= 15 is 0 Å². The van der Waals surface area contributed by atoms with E-state index in [1.165, 1.54) is 0 Å². The molecule has 8 heteroatoms. The lowest BCUT2D eigenvalue weighted by Gasteiger charge is -2.22. The van der Waals surface area contributed by atoms with E-state index in [0.717, 1.165) is 41.2 Å². The number of carbonyl (C=O) groups is 1. The maximum atomic E-state index is 12.7. The van der Waals surface area contributed by atoms with Crippen molar-refractivity contribution >= 4 is 33.3 Å². The highest BCUT2D eigenvalue weighted by Gasteiger charge is 2.23. The minimum Gasteiger partial charge on any atom is -0.353 e. The summed E-state index contributed by atoms with van der Waals surface area (Å²) in [6.07, 6.45) is 5.69. The Bertz CT molecular complexity index is 894. The first kappa shape index (κ1) is 15.9. The van der Waals surface area contributed by atoms with Crippen molar-refractivity contribution in [2.75, 3.05) is 31.1 Å². The molecular formula is C17H18N6OS.